The predicted octanol–water partition coefficient (Wildman–Crippen LogP) is 24.4. The van der Waals surface area contributed by atoms with E-state index in [-0.39, 0.29) is 25.7 Å². The van der Waals surface area contributed by atoms with Crippen molar-refractivity contribution in [3.05, 3.63) is 0 Å². The summed E-state index contributed by atoms with van der Waals surface area (Å²) in [6, 6.07) is 0. The zero-order valence-electron chi connectivity index (χ0n) is 66.5. The largest absolute Gasteiger partial charge is 0.472 e. The number of esters is 4. The summed E-state index contributed by atoms with van der Waals surface area (Å²) in [4.78, 5) is 73.0. The fraction of sp³-hybridized carbons (Fsp3) is 0.951. The number of hydrogen-bond donors (Lipinski definition) is 3. The summed E-state index contributed by atoms with van der Waals surface area (Å²) in [7, 11) is -9.92. The summed E-state index contributed by atoms with van der Waals surface area (Å²) in [5, 5.41) is 10.6. The molecule has 0 aliphatic rings. The van der Waals surface area contributed by atoms with Gasteiger partial charge in [0.2, 0.25) is 0 Å². The van der Waals surface area contributed by atoms with Crippen LogP contribution in [0.3, 0.4) is 0 Å². The summed E-state index contributed by atoms with van der Waals surface area (Å²) < 4.78 is 68.7. The van der Waals surface area contributed by atoms with Gasteiger partial charge in [0.05, 0.1) is 26.4 Å². The molecule has 0 spiro atoms. The molecule has 0 aromatic heterocycles. The number of unbranched alkanes of at least 4 members (excludes halogenated alkanes) is 43. The highest BCUT2D eigenvalue weighted by Gasteiger charge is 2.30. The number of carbonyl (C=O) groups excluding carboxylic acids is 4. The maximum absolute atomic E-state index is 13.1. The maximum atomic E-state index is 13.1. The van der Waals surface area contributed by atoms with Gasteiger partial charge in [0.15, 0.2) is 12.2 Å². The summed E-state index contributed by atoms with van der Waals surface area (Å²) in [6.45, 7) is 14.3. The summed E-state index contributed by atoms with van der Waals surface area (Å²) in [6.07, 6.45) is 58.3. The van der Waals surface area contributed by atoms with E-state index in [9.17, 15) is 43.2 Å². The van der Waals surface area contributed by atoms with Gasteiger partial charge in [0.25, 0.3) is 0 Å². The van der Waals surface area contributed by atoms with Crippen LogP contribution in [0.1, 0.15) is 421 Å². The van der Waals surface area contributed by atoms with Gasteiger partial charge in [-0.2, -0.15) is 0 Å². The Morgan fingerprint density at radius 3 is 0.703 bits per heavy atom. The quantitative estimate of drug-likeness (QED) is 0.0222. The number of rotatable bonds is 79. The number of ether oxygens (including phenoxy) is 4. The molecule has 0 bridgehead atoms. The smallest absolute Gasteiger partial charge is 0.462 e. The van der Waals surface area contributed by atoms with E-state index in [0.717, 1.165) is 114 Å². The summed E-state index contributed by atoms with van der Waals surface area (Å²) in [5.74, 6) is 1.03. The lowest BCUT2D eigenvalue weighted by molar-refractivity contribution is -0.161. The van der Waals surface area contributed by atoms with Crippen LogP contribution >= 0.6 is 15.6 Å². The van der Waals surface area contributed by atoms with E-state index in [1.54, 1.807) is 0 Å². The van der Waals surface area contributed by atoms with Crippen molar-refractivity contribution in [2.45, 2.75) is 440 Å². The molecule has 3 N–H and O–H groups in total. The van der Waals surface area contributed by atoms with E-state index >= 15 is 0 Å². The van der Waals surface area contributed by atoms with E-state index in [2.05, 4.69) is 55.4 Å². The topological polar surface area (TPSA) is 237 Å². The minimum atomic E-state index is -4.96. The van der Waals surface area contributed by atoms with Gasteiger partial charge in [0, 0.05) is 25.7 Å². The first-order valence-corrected chi connectivity index (χ1v) is 45.3. The molecule has 0 amide bonds. The van der Waals surface area contributed by atoms with Crippen LogP contribution in [-0.4, -0.2) is 96.7 Å². The van der Waals surface area contributed by atoms with Crippen molar-refractivity contribution < 1.29 is 80.2 Å². The van der Waals surface area contributed by atoms with Crippen LogP contribution in [0.4, 0.5) is 0 Å². The molecule has 0 saturated heterocycles. The first-order valence-electron chi connectivity index (χ1n) is 42.3. The first-order chi connectivity index (χ1) is 48.7. The van der Waals surface area contributed by atoms with E-state index in [1.165, 1.54) is 218 Å². The minimum absolute atomic E-state index is 0.107. The number of aliphatic hydroxyl groups is 1. The average Bonchev–Trinajstić information content (AvgIpc) is 0.913. The second-order valence-corrected chi connectivity index (χ2v) is 33.9. The molecule has 0 aromatic rings. The minimum Gasteiger partial charge on any atom is -0.462 e. The Morgan fingerprint density at radius 1 is 0.277 bits per heavy atom. The van der Waals surface area contributed by atoms with Crippen molar-refractivity contribution in [1.29, 1.82) is 0 Å². The molecule has 101 heavy (non-hydrogen) atoms. The van der Waals surface area contributed by atoms with Crippen LogP contribution in [-0.2, 0) is 65.4 Å². The lowest BCUT2D eigenvalue weighted by Gasteiger charge is -2.21. The third kappa shape index (κ3) is 73.4. The van der Waals surface area contributed by atoms with E-state index < -0.39 is 97.5 Å². The van der Waals surface area contributed by atoms with Crippen LogP contribution in [0, 0.1) is 23.7 Å². The van der Waals surface area contributed by atoms with Gasteiger partial charge in [-0.25, -0.2) is 9.13 Å². The molecule has 17 nitrogen and oxygen atoms in total. The molecule has 0 aliphatic heterocycles. The Labute approximate surface area is 619 Å². The zero-order valence-corrected chi connectivity index (χ0v) is 68.3. The fourth-order valence-corrected chi connectivity index (χ4v) is 14.1. The third-order valence-electron chi connectivity index (χ3n) is 19.8. The Hall–Kier alpha value is -1.94. The Morgan fingerprint density at radius 2 is 0.475 bits per heavy atom. The molecule has 0 aromatic carbocycles. The van der Waals surface area contributed by atoms with Gasteiger partial charge in [-0.15, -0.1) is 0 Å². The molecule has 0 rings (SSSR count). The van der Waals surface area contributed by atoms with Crippen LogP contribution < -0.4 is 0 Å². The number of phosphoric acid groups is 2. The highest BCUT2D eigenvalue weighted by molar-refractivity contribution is 7.47. The molecular weight excluding hydrogens is 1320 g/mol. The molecule has 0 aliphatic carbocycles. The highest BCUT2D eigenvalue weighted by Crippen LogP contribution is 2.45. The Kier molecular flexibility index (Phi) is 69.6. The molecule has 19 heteroatoms. The number of carbonyl (C=O) groups is 4. The SMILES string of the molecule is CCC(C)CCCCCCCCCCCCCCCCCCCCC(=O)O[C@H](COC(=O)CCCCCCCCCC(C)C)COP(=O)(O)OCC(O)COP(=O)(O)OC[C@@H](COC(=O)CCCCCCCCCCC(C)CC)OC(=O)CCCCCCCCCCCCCCCCC(C)C. The van der Waals surface area contributed by atoms with Crippen LogP contribution in [0.2, 0.25) is 0 Å². The normalized spacial score (nSPS) is 14.5. The molecular formula is C82H160O17P2. The second kappa shape index (κ2) is 71.0. The molecule has 0 radical (unpaired) electrons. The number of aliphatic hydroxyl groups excluding tert-OH is 1. The van der Waals surface area contributed by atoms with Gasteiger partial charge in [0.1, 0.15) is 19.3 Å². The van der Waals surface area contributed by atoms with E-state index in [1.807, 2.05) is 0 Å². The lowest BCUT2D eigenvalue weighted by atomic mass is 9.99. The van der Waals surface area contributed by atoms with Gasteiger partial charge in [-0.1, -0.05) is 370 Å². The average molecular weight is 1480 g/mol. The van der Waals surface area contributed by atoms with E-state index in [4.69, 9.17) is 37.0 Å². The molecule has 5 unspecified atom stereocenters. The zero-order chi connectivity index (χ0) is 74.6. The Bertz CT molecular complexity index is 1980. The molecule has 7 atom stereocenters. The summed E-state index contributed by atoms with van der Waals surface area (Å²) >= 11 is 0. The highest BCUT2D eigenvalue weighted by atomic mass is 31.2. The third-order valence-corrected chi connectivity index (χ3v) is 21.7. The van der Waals surface area contributed by atoms with Crippen molar-refractivity contribution in [3.8, 4) is 0 Å². The number of phosphoric ester groups is 2. The Balaban J connectivity index is 5.19. The monoisotopic (exact) mass is 1480 g/mol. The van der Waals surface area contributed by atoms with Crippen LogP contribution in [0.25, 0.3) is 0 Å². The summed E-state index contributed by atoms with van der Waals surface area (Å²) in [5.41, 5.74) is 0. The molecule has 0 saturated carbocycles. The van der Waals surface area contributed by atoms with Crippen molar-refractivity contribution in [2.24, 2.45) is 23.7 Å². The number of hydrogen-bond acceptors (Lipinski definition) is 15. The van der Waals surface area contributed by atoms with Crippen LogP contribution in [0.15, 0.2) is 0 Å². The van der Waals surface area contributed by atoms with Gasteiger partial charge < -0.3 is 33.8 Å². The molecule has 0 heterocycles. The first kappa shape index (κ1) is 99.1. The van der Waals surface area contributed by atoms with E-state index in [0.29, 0.717) is 31.6 Å². The molecule has 600 valence electrons. The van der Waals surface area contributed by atoms with Crippen molar-refractivity contribution >= 4 is 39.5 Å². The van der Waals surface area contributed by atoms with Crippen molar-refractivity contribution in [1.82, 2.24) is 0 Å². The maximum Gasteiger partial charge on any atom is 0.472 e. The standard InChI is InChI=1S/C82H160O17P2/c1-9-74(7)60-52-44-36-28-24-20-15-13-11-12-14-16-21-25-29-39-48-56-64-82(87)99-78(69-93-80(85)63-55-47-41-33-35-43-51-59-73(5)6)71-97-101(90,91)95-67-76(83)66-94-100(88,89)96-70-77(68-92-79(84)62-54-46-38-32-31-37-45-53-61-75(8)10-2)98-81(86)65-57-49-40-30-26-22-18-17-19-23-27-34-42-50-58-72(3)4/h72-78,83H,9-71H2,1-8H3,(H,88,89)(H,90,91)/t74?,75?,76?,77-,78-/m1/s1. The van der Waals surface area contributed by atoms with Crippen molar-refractivity contribution in [3.63, 3.8) is 0 Å². The van der Waals surface area contributed by atoms with Crippen molar-refractivity contribution in [2.75, 3.05) is 39.6 Å². The van der Waals surface area contributed by atoms with Gasteiger partial charge >= 0.3 is 39.5 Å². The van der Waals surface area contributed by atoms with Gasteiger partial charge in [-0.3, -0.25) is 37.3 Å². The lowest BCUT2D eigenvalue weighted by Crippen LogP contribution is -2.30. The molecule has 0 fully saturated rings. The second-order valence-electron chi connectivity index (χ2n) is 31.0. The fourth-order valence-electron chi connectivity index (χ4n) is 12.5. The van der Waals surface area contributed by atoms with Crippen LogP contribution in [0.5, 0.6) is 0 Å². The predicted molar refractivity (Wildman–Crippen MR) is 414 cm³/mol. The van der Waals surface area contributed by atoms with Gasteiger partial charge in [-0.05, 0) is 49.4 Å².